The summed E-state index contributed by atoms with van der Waals surface area (Å²) in [6, 6.07) is 4.78. The minimum Gasteiger partial charge on any atom is -0.374 e. The molecule has 0 saturated carbocycles. The summed E-state index contributed by atoms with van der Waals surface area (Å²) in [7, 11) is 0. The lowest BCUT2D eigenvalue weighted by Crippen LogP contribution is -2.15. The zero-order chi connectivity index (χ0) is 16.7. The van der Waals surface area contributed by atoms with Gasteiger partial charge >= 0.3 is 0 Å². The molecule has 1 aromatic carbocycles. The van der Waals surface area contributed by atoms with Crippen molar-refractivity contribution in [3.05, 3.63) is 45.0 Å². The van der Waals surface area contributed by atoms with Gasteiger partial charge in [0.1, 0.15) is 11.2 Å². The number of nitro groups is 1. The largest absolute Gasteiger partial charge is 0.374 e. The van der Waals surface area contributed by atoms with Crippen LogP contribution < -0.4 is 11.1 Å². The molecule has 2 aromatic rings. The second-order valence-corrected chi connectivity index (χ2v) is 6.40. The van der Waals surface area contributed by atoms with Gasteiger partial charge in [-0.05, 0) is 24.0 Å². The number of nitro benzene ring substituents is 1. The van der Waals surface area contributed by atoms with E-state index in [9.17, 15) is 20.0 Å². The van der Waals surface area contributed by atoms with E-state index < -0.39 is 11.2 Å². The Kier molecular flexibility index (Phi) is 3.88. The topological polar surface area (TPSA) is 118 Å². The summed E-state index contributed by atoms with van der Waals surface area (Å²) in [5.74, 6) is -0.259. The van der Waals surface area contributed by atoms with E-state index in [2.05, 4.69) is 5.32 Å². The molecule has 0 aliphatic heterocycles. The minimum absolute atomic E-state index is 0.0147. The Bertz CT molecular complexity index is 813. The van der Waals surface area contributed by atoms with Crippen LogP contribution in [0, 0.1) is 10.1 Å². The van der Waals surface area contributed by atoms with E-state index >= 15 is 0 Å². The van der Waals surface area contributed by atoms with Crippen molar-refractivity contribution in [2.45, 2.75) is 26.0 Å². The third kappa shape index (κ3) is 2.72. The van der Waals surface area contributed by atoms with Crippen molar-refractivity contribution < 1.29 is 14.8 Å². The van der Waals surface area contributed by atoms with Gasteiger partial charge < -0.3 is 16.2 Å². The van der Waals surface area contributed by atoms with Crippen LogP contribution in [-0.2, 0) is 17.6 Å². The summed E-state index contributed by atoms with van der Waals surface area (Å²) >= 11 is 1.29. The fraction of sp³-hybridized carbons (Fsp3) is 0.267. The highest BCUT2D eigenvalue weighted by Crippen LogP contribution is 2.47. The predicted octanol–water partition coefficient (Wildman–Crippen LogP) is 2.33. The molecule has 0 saturated heterocycles. The summed E-state index contributed by atoms with van der Waals surface area (Å²) in [5, 5.41) is 24.1. The molecule has 1 heterocycles. The molecular formula is C15H15N3O4S. The average Bonchev–Trinajstić information content (AvgIpc) is 2.84. The Morgan fingerprint density at radius 2 is 2.22 bits per heavy atom. The number of nitrogens with two attached hydrogens (primary N) is 1. The monoisotopic (exact) mass is 333 g/mol. The normalized spacial score (nSPS) is 13.9. The van der Waals surface area contributed by atoms with Crippen LogP contribution in [-0.4, -0.2) is 15.9 Å². The number of hydrogen-bond acceptors (Lipinski definition) is 6. The number of fused-ring (bicyclic) bond motifs is 3. The molecule has 1 atom stereocenters. The third-order valence-corrected chi connectivity index (χ3v) is 5.02. The first kappa shape index (κ1) is 15.6. The van der Waals surface area contributed by atoms with Crippen LogP contribution in [0.25, 0.3) is 10.4 Å². The number of rotatable bonds is 3. The number of benzene rings is 1. The summed E-state index contributed by atoms with van der Waals surface area (Å²) in [6.07, 6.45) is 0.160. The first-order valence-corrected chi connectivity index (χ1v) is 7.84. The summed E-state index contributed by atoms with van der Waals surface area (Å²) in [6.45, 7) is 1.38. The molecule has 1 aliphatic rings. The molecule has 8 heteroatoms. The number of thiophene rings is 1. The Morgan fingerprint density at radius 1 is 1.48 bits per heavy atom. The number of nitrogens with zero attached hydrogens (tertiary/aromatic N) is 1. The zero-order valence-corrected chi connectivity index (χ0v) is 13.1. The van der Waals surface area contributed by atoms with E-state index in [0.29, 0.717) is 23.4 Å². The van der Waals surface area contributed by atoms with E-state index in [1.54, 1.807) is 6.07 Å². The lowest BCUT2D eigenvalue weighted by Gasteiger charge is -2.18. The van der Waals surface area contributed by atoms with Crippen LogP contribution in [0.5, 0.6) is 0 Å². The minimum atomic E-state index is -1.21. The number of hydrogen-bond donors (Lipinski definition) is 3. The van der Waals surface area contributed by atoms with Crippen molar-refractivity contribution in [2.75, 3.05) is 5.32 Å². The van der Waals surface area contributed by atoms with Crippen molar-refractivity contribution in [1.82, 2.24) is 0 Å². The molecule has 23 heavy (non-hydrogen) atoms. The number of carbonyl (C=O) groups is 1. The Balaban J connectivity index is 2.20. The number of nitrogens with one attached hydrogen (secondary N) is 1. The van der Waals surface area contributed by atoms with Gasteiger partial charge in [0, 0.05) is 35.1 Å². The molecule has 7 nitrogen and oxygen atoms in total. The lowest BCUT2D eigenvalue weighted by molar-refractivity contribution is -0.384. The summed E-state index contributed by atoms with van der Waals surface area (Å²) in [4.78, 5) is 22.8. The fourth-order valence-corrected chi connectivity index (χ4v) is 4.26. The molecule has 0 fully saturated rings. The molecular weight excluding hydrogens is 318 g/mol. The molecule has 0 radical (unpaired) electrons. The van der Waals surface area contributed by atoms with Crippen molar-refractivity contribution in [1.29, 1.82) is 0 Å². The van der Waals surface area contributed by atoms with Crippen molar-refractivity contribution in [2.24, 2.45) is 5.73 Å². The van der Waals surface area contributed by atoms with Gasteiger partial charge in [0.25, 0.3) is 5.69 Å². The predicted molar refractivity (Wildman–Crippen MR) is 87.3 cm³/mol. The van der Waals surface area contributed by atoms with E-state index in [1.807, 2.05) is 0 Å². The lowest BCUT2D eigenvalue weighted by atomic mass is 9.88. The molecule has 1 aromatic heterocycles. The van der Waals surface area contributed by atoms with Gasteiger partial charge in [0.2, 0.25) is 5.91 Å². The van der Waals surface area contributed by atoms with Crippen LogP contribution in [0.15, 0.2) is 18.2 Å². The maximum atomic E-state index is 11.4. The summed E-state index contributed by atoms with van der Waals surface area (Å²) < 4.78 is 0. The second kappa shape index (κ2) is 5.73. The van der Waals surface area contributed by atoms with E-state index in [0.717, 1.165) is 21.6 Å². The van der Waals surface area contributed by atoms with E-state index in [1.165, 1.54) is 30.4 Å². The number of anilines is 1. The molecule has 1 unspecified atom stereocenters. The summed E-state index contributed by atoms with van der Waals surface area (Å²) in [5.41, 5.74) is 8.80. The van der Waals surface area contributed by atoms with Crippen LogP contribution >= 0.6 is 11.3 Å². The highest BCUT2D eigenvalue weighted by Gasteiger charge is 2.28. The van der Waals surface area contributed by atoms with E-state index in [4.69, 9.17) is 5.73 Å². The molecule has 4 N–H and O–H groups in total. The Hall–Kier alpha value is -2.29. The first-order valence-electron chi connectivity index (χ1n) is 7.03. The van der Waals surface area contributed by atoms with Crippen LogP contribution in [0.4, 0.5) is 10.7 Å². The average molecular weight is 333 g/mol. The highest BCUT2D eigenvalue weighted by atomic mass is 32.1. The van der Waals surface area contributed by atoms with Crippen LogP contribution in [0.2, 0.25) is 0 Å². The first-order chi connectivity index (χ1) is 10.9. The second-order valence-electron chi connectivity index (χ2n) is 5.38. The zero-order valence-electron chi connectivity index (χ0n) is 12.3. The van der Waals surface area contributed by atoms with Crippen molar-refractivity contribution >= 4 is 27.9 Å². The Morgan fingerprint density at radius 3 is 2.83 bits per heavy atom. The van der Waals surface area contributed by atoms with Crippen molar-refractivity contribution in [3.63, 3.8) is 0 Å². The van der Waals surface area contributed by atoms with Crippen LogP contribution in [0.1, 0.15) is 29.8 Å². The standard InChI is InChI=1S/C15H15N3O4S/c1-7(19)17-15-12(14(16)20)10-5-3-8-2-4-9(18(21)22)6-11(8)13(10)23-15/h2,4,6,14,20H,3,5,16H2,1H3,(H,17,19). The van der Waals surface area contributed by atoms with Crippen LogP contribution in [0.3, 0.4) is 0 Å². The van der Waals surface area contributed by atoms with E-state index in [-0.39, 0.29) is 11.6 Å². The molecule has 0 spiro atoms. The molecule has 0 bridgehead atoms. The molecule has 3 rings (SSSR count). The SMILES string of the molecule is CC(=O)Nc1sc2c(c1C(N)O)CCc1ccc([N+](=O)[O-])cc1-2. The molecule has 120 valence electrons. The fourth-order valence-electron chi connectivity index (χ4n) is 2.88. The highest BCUT2D eigenvalue weighted by molar-refractivity contribution is 7.20. The number of amides is 1. The quantitative estimate of drug-likeness (QED) is 0.452. The van der Waals surface area contributed by atoms with Gasteiger partial charge in [0.05, 0.1) is 4.92 Å². The number of aliphatic hydroxyl groups is 1. The number of aliphatic hydroxyl groups excluding tert-OH is 1. The Labute approximate surface area is 135 Å². The maximum absolute atomic E-state index is 11.4. The smallest absolute Gasteiger partial charge is 0.270 e. The van der Waals surface area contributed by atoms with Gasteiger partial charge in [-0.3, -0.25) is 14.9 Å². The number of aryl methyl sites for hydroxylation is 1. The number of carbonyl (C=O) groups excluding carboxylic acids is 1. The van der Waals surface area contributed by atoms with Gasteiger partial charge in [-0.2, -0.15) is 0 Å². The van der Waals surface area contributed by atoms with Gasteiger partial charge in [0.15, 0.2) is 0 Å². The van der Waals surface area contributed by atoms with Gasteiger partial charge in [-0.1, -0.05) is 6.07 Å². The van der Waals surface area contributed by atoms with Gasteiger partial charge in [-0.15, -0.1) is 11.3 Å². The molecule has 1 aliphatic carbocycles. The maximum Gasteiger partial charge on any atom is 0.270 e. The van der Waals surface area contributed by atoms with Crippen molar-refractivity contribution in [3.8, 4) is 10.4 Å². The van der Waals surface area contributed by atoms with Gasteiger partial charge in [-0.25, -0.2) is 0 Å². The third-order valence-electron chi connectivity index (χ3n) is 3.83. The molecule has 1 amide bonds. The number of non-ortho nitro benzene ring substituents is 1.